The summed E-state index contributed by atoms with van der Waals surface area (Å²) in [6, 6.07) is 77.2. The molecular formula is C58H40N2. The molecule has 1 aromatic heterocycles. The summed E-state index contributed by atoms with van der Waals surface area (Å²) in [5.74, 6) is 0. The molecule has 2 nitrogen and oxygen atoms in total. The van der Waals surface area contributed by atoms with Crippen molar-refractivity contribution < 1.29 is 0 Å². The van der Waals surface area contributed by atoms with Crippen molar-refractivity contribution in [1.82, 2.24) is 4.57 Å². The normalized spacial score (nSPS) is 14.4. The number of rotatable bonds is 4. The Morgan fingerprint density at radius 3 is 1.40 bits per heavy atom. The standard InChI is InChI=1S/C58H40N2/c1-57(2)49-23-11-6-18-41(49)45-31-28-39(35-53(45)57)59(38-30-33-56-48(34-38)47-22-10-15-27-55(47)60(56)37-16-4-3-5-17-37)40-29-32-46-44-21-9-14-26-52(44)58(54(46)36-40)50-24-12-7-19-42(50)43-20-8-13-25-51(43)58/h3-36H,1-2H3. The predicted molar refractivity (Wildman–Crippen MR) is 249 cm³/mol. The van der Waals surface area contributed by atoms with Crippen LogP contribution in [-0.2, 0) is 10.8 Å². The van der Waals surface area contributed by atoms with Crippen LogP contribution in [0.5, 0.6) is 0 Å². The van der Waals surface area contributed by atoms with E-state index in [1.54, 1.807) is 0 Å². The molecule has 282 valence electrons. The first-order chi connectivity index (χ1) is 29.5. The van der Waals surface area contributed by atoms with Gasteiger partial charge in [0.1, 0.15) is 0 Å². The molecule has 0 aliphatic heterocycles. The zero-order chi connectivity index (χ0) is 39.7. The van der Waals surface area contributed by atoms with Gasteiger partial charge in [0.15, 0.2) is 0 Å². The molecule has 0 atom stereocenters. The van der Waals surface area contributed by atoms with Gasteiger partial charge in [0.05, 0.1) is 16.4 Å². The van der Waals surface area contributed by atoms with Crippen molar-refractivity contribution in [3.8, 4) is 39.1 Å². The van der Waals surface area contributed by atoms with Gasteiger partial charge in [-0.2, -0.15) is 0 Å². The summed E-state index contributed by atoms with van der Waals surface area (Å²) in [4.78, 5) is 2.51. The second kappa shape index (κ2) is 12.1. The lowest BCUT2D eigenvalue weighted by molar-refractivity contribution is 0.660. The van der Waals surface area contributed by atoms with Gasteiger partial charge in [0, 0.05) is 38.9 Å². The van der Waals surface area contributed by atoms with Gasteiger partial charge in [0.2, 0.25) is 0 Å². The number of anilines is 3. The molecule has 9 aromatic carbocycles. The molecule has 3 aliphatic rings. The third kappa shape index (κ3) is 4.27. The van der Waals surface area contributed by atoms with Gasteiger partial charge >= 0.3 is 0 Å². The molecule has 0 saturated heterocycles. The molecular weight excluding hydrogens is 725 g/mol. The molecule has 1 spiro atoms. The number of para-hydroxylation sites is 2. The molecule has 0 radical (unpaired) electrons. The minimum Gasteiger partial charge on any atom is -0.310 e. The Morgan fingerprint density at radius 2 is 0.767 bits per heavy atom. The van der Waals surface area contributed by atoms with E-state index in [4.69, 9.17) is 0 Å². The highest BCUT2D eigenvalue weighted by Gasteiger charge is 2.51. The third-order valence-electron chi connectivity index (χ3n) is 14.0. The van der Waals surface area contributed by atoms with Gasteiger partial charge in [-0.1, -0.05) is 159 Å². The summed E-state index contributed by atoms with van der Waals surface area (Å²) in [7, 11) is 0. The van der Waals surface area contributed by atoms with Crippen molar-refractivity contribution in [2.24, 2.45) is 0 Å². The van der Waals surface area contributed by atoms with Gasteiger partial charge in [-0.05, 0) is 127 Å². The maximum atomic E-state index is 2.51. The molecule has 0 N–H and O–H groups in total. The molecule has 1 heterocycles. The third-order valence-corrected chi connectivity index (χ3v) is 14.0. The first-order valence-corrected chi connectivity index (χ1v) is 21.1. The number of hydrogen-bond acceptors (Lipinski definition) is 1. The molecule has 0 bridgehead atoms. The average molecular weight is 765 g/mol. The highest BCUT2D eigenvalue weighted by Crippen LogP contribution is 2.63. The van der Waals surface area contributed by atoms with Crippen LogP contribution in [0.4, 0.5) is 17.1 Å². The average Bonchev–Trinajstić information content (AvgIpc) is 3.97. The van der Waals surface area contributed by atoms with Crippen molar-refractivity contribution in [2.45, 2.75) is 24.7 Å². The zero-order valence-corrected chi connectivity index (χ0v) is 33.5. The molecule has 0 fully saturated rings. The van der Waals surface area contributed by atoms with E-state index in [1.165, 1.54) is 88.6 Å². The maximum Gasteiger partial charge on any atom is 0.0726 e. The Hall–Kier alpha value is -7.42. The van der Waals surface area contributed by atoms with E-state index in [2.05, 4.69) is 230 Å². The SMILES string of the molecule is CC1(C)c2ccccc2-c2ccc(N(c3ccc4c(c3)C3(c5ccccc5-c5ccccc53)c3ccccc3-4)c3ccc4c(c3)c3ccccc3n4-c3ccccc3)cc21. The minimum absolute atomic E-state index is 0.137. The molecule has 0 saturated carbocycles. The molecule has 60 heavy (non-hydrogen) atoms. The fourth-order valence-corrected chi connectivity index (χ4v) is 11.5. The van der Waals surface area contributed by atoms with E-state index in [0.717, 1.165) is 22.7 Å². The van der Waals surface area contributed by atoms with E-state index in [1.807, 2.05) is 0 Å². The van der Waals surface area contributed by atoms with Crippen molar-refractivity contribution in [3.63, 3.8) is 0 Å². The largest absolute Gasteiger partial charge is 0.310 e. The maximum absolute atomic E-state index is 2.51. The van der Waals surface area contributed by atoms with E-state index < -0.39 is 5.41 Å². The number of benzene rings is 9. The summed E-state index contributed by atoms with van der Waals surface area (Å²) < 4.78 is 2.40. The lowest BCUT2D eigenvalue weighted by atomic mass is 9.70. The molecule has 13 rings (SSSR count). The molecule has 3 aliphatic carbocycles. The first-order valence-electron chi connectivity index (χ1n) is 21.1. The Labute approximate surface area is 350 Å². The van der Waals surface area contributed by atoms with E-state index in [9.17, 15) is 0 Å². The Kier molecular flexibility index (Phi) is 6.74. The number of hydrogen-bond donors (Lipinski definition) is 0. The van der Waals surface area contributed by atoms with E-state index in [0.29, 0.717) is 0 Å². The number of aromatic nitrogens is 1. The molecule has 10 aromatic rings. The molecule has 2 heteroatoms. The van der Waals surface area contributed by atoms with Gasteiger partial charge in [-0.15, -0.1) is 0 Å². The van der Waals surface area contributed by atoms with Crippen LogP contribution in [0.15, 0.2) is 206 Å². The van der Waals surface area contributed by atoms with Crippen LogP contribution in [0.2, 0.25) is 0 Å². The minimum atomic E-state index is -0.435. The van der Waals surface area contributed by atoms with Crippen molar-refractivity contribution in [2.75, 3.05) is 4.90 Å². The molecule has 0 amide bonds. The van der Waals surface area contributed by atoms with Gasteiger partial charge in [0.25, 0.3) is 0 Å². The lowest BCUT2D eigenvalue weighted by Crippen LogP contribution is -2.26. The van der Waals surface area contributed by atoms with Crippen LogP contribution in [0.1, 0.15) is 47.2 Å². The van der Waals surface area contributed by atoms with Crippen LogP contribution in [0.3, 0.4) is 0 Å². The van der Waals surface area contributed by atoms with Crippen LogP contribution in [0.25, 0.3) is 60.9 Å². The Balaban J connectivity index is 1.09. The van der Waals surface area contributed by atoms with Crippen LogP contribution in [-0.4, -0.2) is 4.57 Å². The highest BCUT2D eigenvalue weighted by atomic mass is 15.1. The number of fused-ring (bicyclic) bond motifs is 16. The summed E-state index contributed by atoms with van der Waals surface area (Å²) in [5.41, 5.74) is 22.4. The summed E-state index contributed by atoms with van der Waals surface area (Å²) >= 11 is 0. The Bertz CT molecular complexity index is 3360. The summed E-state index contributed by atoms with van der Waals surface area (Å²) in [6.07, 6.45) is 0. The van der Waals surface area contributed by atoms with Gasteiger partial charge < -0.3 is 9.47 Å². The van der Waals surface area contributed by atoms with Gasteiger partial charge in [-0.25, -0.2) is 0 Å². The van der Waals surface area contributed by atoms with Crippen molar-refractivity contribution in [3.05, 3.63) is 240 Å². The van der Waals surface area contributed by atoms with Crippen LogP contribution in [0, 0.1) is 0 Å². The van der Waals surface area contributed by atoms with E-state index in [-0.39, 0.29) is 5.41 Å². The zero-order valence-electron chi connectivity index (χ0n) is 33.5. The first kappa shape index (κ1) is 33.5. The fourth-order valence-electron chi connectivity index (χ4n) is 11.5. The topological polar surface area (TPSA) is 8.17 Å². The summed E-state index contributed by atoms with van der Waals surface area (Å²) in [5, 5.41) is 2.47. The quantitative estimate of drug-likeness (QED) is 0.173. The lowest BCUT2D eigenvalue weighted by Gasteiger charge is -2.32. The van der Waals surface area contributed by atoms with Crippen molar-refractivity contribution >= 4 is 38.9 Å². The van der Waals surface area contributed by atoms with Gasteiger partial charge in [-0.3, -0.25) is 0 Å². The second-order valence-corrected chi connectivity index (χ2v) is 17.2. The smallest absolute Gasteiger partial charge is 0.0726 e. The van der Waals surface area contributed by atoms with Crippen molar-refractivity contribution in [1.29, 1.82) is 0 Å². The fraction of sp³-hybridized carbons (Fsp3) is 0.0690. The van der Waals surface area contributed by atoms with Crippen LogP contribution < -0.4 is 4.90 Å². The monoisotopic (exact) mass is 764 g/mol. The second-order valence-electron chi connectivity index (χ2n) is 17.2. The predicted octanol–water partition coefficient (Wildman–Crippen LogP) is 14.9. The summed E-state index contributed by atoms with van der Waals surface area (Å²) in [6.45, 7) is 4.75. The number of nitrogens with zero attached hydrogens (tertiary/aromatic N) is 2. The molecule has 0 unspecified atom stereocenters. The Morgan fingerprint density at radius 1 is 0.333 bits per heavy atom. The van der Waals surface area contributed by atoms with Crippen LogP contribution >= 0.6 is 0 Å². The van der Waals surface area contributed by atoms with E-state index >= 15 is 0 Å². The highest BCUT2D eigenvalue weighted by molar-refractivity contribution is 6.11.